The Hall–Kier alpha value is -3.62. The van der Waals surface area contributed by atoms with Crippen LogP contribution < -0.4 is 4.90 Å². The van der Waals surface area contributed by atoms with E-state index in [1.165, 1.54) is 82.1 Å². The van der Waals surface area contributed by atoms with E-state index in [2.05, 4.69) is 125 Å². The van der Waals surface area contributed by atoms with Gasteiger partial charge in [0.1, 0.15) is 0 Å². The van der Waals surface area contributed by atoms with Gasteiger partial charge in [0.15, 0.2) is 0 Å². The van der Waals surface area contributed by atoms with Gasteiger partial charge in [-0.1, -0.05) is 90.1 Å². The van der Waals surface area contributed by atoms with Crippen LogP contribution in [0.15, 0.2) is 72.8 Å². The highest BCUT2D eigenvalue weighted by Gasteiger charge is 2.51. The van der Waals surface area contributed by atoms with Crippen LogP contribution in [-0.4, -0.2) is 0 Å². The van der Waals surface area contributed by atoms with Gasteiger partial charge in [0, 0.05) is 25.8 Å². The van der Waals surface area contributed by atoms with Gasteiger partial charge in [-0.3, -0.25) is 0 Å². The summed E-state index contributed by atoms with van der Waals surface area (Å²) in [6.07, 6.45) is 6.94. The average Bonchev–Trinajstić information content (AvgIpc) is 3.34. The van der Waals surface area contributed by atoms with Gasteiger partial charge in [-0.05, 0) is 98.6 Å². The number of allylic oxidation sites excluding steroid dienone is 1. The average molecular weight is 550 g/mol. The van der Waals surface area contributed by atoms with Crippen molar-refractivity contribution in [2.24, 2.45) is 0 Å². The fraction of sp³-hybridized carbons (Fsp3) is 0.282. The van der Waals surface area contributed by atoms with Crippen molar-refractivity contribution in [1.29, 1.82) is 0 Å². The van der Waals surface area contributed by atoms with Crippen LogP contribution in [0, 0.1) is 0 Å². The smallest absolute Gasteiger partial charge is 0.0544 e. The standard InChI is InChI=1S/C39H35NS/c1-37(2)26-12-9-14-28-34(26)40-35-27(37)13-10-15-29(35)39(5,6)31-21-23(20-30(36(31)40)38(28,3)4)22-17-18-33-25(19-22)24-11-7-8-16-32(24)41-33/h8-10,12-21H,7,11H2,1-6H3. The highest BCUT2D eigenvalue weighted by atomic mass is 32.1. The fourth-order valence-corrected chi connectivity index (χ4v) is 9.67. The molecule has 0 unspecified atom stereocenters. The van der Waals surface area contributed by atoms with Crippen LogP contribution in [0.1, 0.15) is 91.8 Å². The van der Waals surface area contributed by atoms with Crippen LogP contribution in [0.2, 0.25) is 0 Å². The van der Waals surface area contributed by atoms with Crippen molar-refractivity contribution in [3.63, 3.8) is 0 Å². The summed E-state index contributed by atoms with van der Waals surface area (Å²) in [6.45, 7) is 14.6. The Morgan fingerprint density at radius 3 is 1.73 bits per heavy atom. The lowest BCUT2D eigenvalue weighted by atomic mass is 9.60. The van der Waals surface area contributed by atoms with E-state index in [1.54, 1.807) is 0 Å². The molecule has 0 saturated carbocycles. The molecule has 1 nitrogen and oxygen atoms in total. The molecule has 0 N–H and O–H groups in total. The van der Waals surface area contributed by atoms with Gasteiger partial charge in [0.25, 0.3) is 0 Å². The molecule has 0 radical (unpaired) electrons. The normalized spacial score (nSPS) is 19.2. The van der Waals surface area contributed by atoms with Crippen LogP contribution in [0.4, 0.5) is 17.1 Å². The van der Waals surface area contributed by atoms with Crippen LogP contribution in [0.25, 0.3) is 27.3 Å². The molecule has 4 aliphatic rings. The first kappa shape index (κ1) is 24.0. The molecular formula is C39H35NS. The van der Waals surface area contributed by atoms with Crippen molar-refractivity contribution in [2.75, 3.05) is 4.90 Å². The Kier molecular flexibility index (Phi) is 4.34. The predicted octanol–water partition coefficient (Wildman–Crippen LogP) is 10.9. The molecule has 1 aliphatic carbocycles. The van der Waals surface area contributed by atoms with Gasteiger partial charge in [-0.15, -0.1) is 11.3 Å². The number of para-hydroxylation sites is 2. The molecule has 5 aromatic rings. The lowest BCUT2D eigenvalue weighted by Gasteiger charge is -2.55. The highest BCUT2D eigenvalue weighted by Crippen LogP contribution is 2.66. The second kappa shape index (κ2) is 7.41. The van der Waals surface area contributed by atoms with E-state index in [9.17, 15) is 0 Å². The largest absolute Gasteiger partial charge is 0.309 e. The molecule has 0 atom stereocenters. The van der Waals surface area contributed by atoms with Gasteiger partial charge in [0.2, 0.25) is 0 Å². The van der Waals surface area contributed by atoms with Crippen molar-refractivity contribution in [3.8, 4) is 11.1 Å². The van der Waals surface area contributed by atoms with Gasteiger partial charge in [0.05, 0.1) is 17.1 Å². The molecule has 4 heterocycles. The molecule has 0 amide bonds. The summed E-state index contributed by atoms with van der Waals surface area (Å²) in [5.74, 6) is 0. The third-order valence-electron chi connectivity index (χ3n) is 10.9. The number of rotatable bonds is 1. The number of aryl methyl sites for hydroxylation is 1. The maximum absolute atomic E-state index is 2.66. The zero-order valence-electron chi connectivity index (χ0n) is 24.8. The maximum atomic E-state index is 2.66. The van der Waals surface area contributed by atoms with E-state index in [0.717, 1.165) is 12.8 Å². The summed E-state index contributed by atoms with van der Waals surface area (Å²) in [5.41, 5.74) is 16.8. The predicted molar refractivity (Wildman–Crippen MR) is 176 cm³/mol. The number of fused-ring (bicyclic) bond motifs is 3. The lowest BCUT2D eigenvalue weighted by Crippen LogP contribution is -2.43. The molecule has 0 saturated heterocycles. The number of hydrogen-bond donors (Lipinski definition) is 0. The molecule has 202 valence electrons. The monoisotopic (exact) mass is 549 g/mol. The van der Waals surface area contributed by atoms with Crippen LogP contribution in [-0.2, 0) is 22.7 Å². The van der Waals surface area contributed by atoms with Gasteiger partial charge in [-0.2, -0.15) is 0 Å². The molecule has 4 aromatic carbocycles. The van der Waals surface area contributed by atoms with Gasteiger partial charge >= 0.3 is 0 Å². The molecule has 9 rings (SSSR count). The van der Waals surface area contributed by atoms with Crippen molar-refractivity contribution < 1.29 is 0 Å². The van der Waals surface area contributed by atoms with Gasteiger partial charge in [-0.25, -0.2) is 0 Å². The van der Waals surface area contributed by atoms with E-state index in [1.807, 2.05) is 11.3 Å². The summed E-state index contributed by atoms with van der Waals surface area (Å²) >= 11 is 1.94. The Balaban J connectivity index is 1.37. The summed E-state index contributed by atoms with van der Waals surface area (Å²) in [7, 11) is 0. The second-order valence-corrected chi connectivity index (χ2v) is 15.2. The van der Waals surface area contributed by atoms with E-state index in [4.69, 9.17) is 0 Å². The van der Waals surface area contributed by atoms with Crippen molar-refractivity contribution in [2.45, 2.75) is 70.6 Å². The number of thiophene rings is 1. The number of anilines is 3. The van der Waals surface area contributed by atoms with E-state index in [0.29, 0.717) is 0 Å². The Morgan fingerprint density at radius 2 is 1.15 bits per heavy atom. The Morgan fingerprint density at radius 1 is 0.610 bits per heavy atom. The molecule has 0 spiro atoms. The lowest BCUT2D eigenvalue weighted by molar-refractivity contribution is 0.567. The topological polar surface area (TPSA) is 3.24 Å². The maximum Gasteiger partial charge on any atom is 0.0544 e. The molecule has 2 heteroatoms. The summed E-state index contributed by atoms with van der Waals surface area (Å²) in [6, 6.07) is 26.3. The minimum Gasteiger partial charge on any atom is -0.309 e. The quantitative estimate of drug-likeness (QED) is 0.201. The van der Waals surface area contributed by atoms with Crippen molar-refractivity contribution in [3.05, 3.63) is 117 Å². The molecule has 3 aliphatic heterocycles. The summed E-state index contributed by atoms with van der Waals surface area (Å²) < 4.78 is 1.41. The summed E-state index contributed by atoms with van der Waals surface area (Å²) in [4.78, 5) is 4.11. The minimum atomic E-state index is -0.117. The van der Waals surface area contributed by atoms with E-state index >= 15 is 0 Å². The second-order valence-electron chi connectivity index (χ2n) is 14.1. The molecule has 41 heavy (non-hydrogen) atoms. The summed E-state index contributed by atoms with van der Waals surface area (Å²) in [5, 5.41) is 1.44. The third kappa shape index (κ3) is 2.78. The Bertz CT molecular complexity index is 1940. The van der Waals surface area contributed by atoms with Gasteiger partial charge < -0.3 is 4.90 Å². The van der Waals surface area contributed by atoms with E-state index in [-0.39, 0.29) is 16.2 Å². The van der Waals surface area contributed by atoms with Crippen molar-refractivity contribution >= 4 is 44.6 Å². The molecular weight excluding hydrogens is 515 g/mol. The van der Waals surface area contributed by atoms with Crippen LogP contribution in [0.5, 0.6) is 0 Å². The zero-order chi connectivity index (χ0) is 28.1. The number of nitrogens with zero attached hydrogens (tertiary/aromatic N) is 1. The first-order valence-electron chi connectivity index (χ1n) is 15.1. The molecule has 1 aromatic heterocycles. The fourth-order valence-electron chi connectivity index (χ4n) is 8.51. The highest BCUT2D eigenvalue weighted by molar-refractivity contribution is 7.20. The Labute approximate surface area is 247 Å². The van der Waals surface area contributed by atoms with Crippen LogP contribution in [0.3, 0.4) is 0 Å². The van der Waals surface area contributed by atoms with E-state index < -0.39 is 0 Å². The minimum absolute atomic E-state index is 0.0570. The first-order valence-corrected chi connectivity index (χ1v) is 15.9. The number of hydrogen-bond acceptors (Lipinski definition) is 2. The molecule has 0 fully saturated rings. The SMILES string of the molecule is CC1(C)c2cccc3c2N2c4c1cccc4C(C)(C)c1cc(-c4ccc5sc6c(c5c4)CCC=C6)cc(c12)C3(C)C. The van der Waals surface area contributed by atoms with Crippen LogP contribution >= 0.6 is 11.3 Å². The molecule has 0 bridgehead atoms. The number of benzene rings is 4. The zero-order valence-corrected chi connectivity index (χ0v) is 25.6. The first-order chi connectivity index (χ1) is 19.6. The van der Waals surface area contributed by atoms with Crippen molar-refractivity contribution in [1.82, 2.24) is 0 Å². The third-order valence-corrected chi connectivity index (χ3v) is 12.1.